The van der Waals surface area contributed by atoms with Gasteiger partial charge in [0.25, 0.3) is 5.91 Å². The zero-order chi connectivity index (χ0) is 12.7. The maximum absolute atomic E-state index is 12.4. The molecular weight excluding hydrogens is 230 g/mol. The lowest BCUT2D eigenvalue weighted by atomic mass is 10.1. The van der Waals surface area contributed by atoms with Gasteiger partial charge in [-0.15, -0.1) is 0 Å². The van der Waals surface area contributed by atoms with Crippen LogP contribution in [0.5, 0.6) is 0 Å². The van der Waals surface area contributed by atoms with E-state index in [2.05, 4.69) is 24.3 Å². The summed E-state index contributed by atoms with van der Waals surface area (Å²) in [6.45, 7) is 5.74. The van der Waals surface area contributed by atoms with Crippen molar-refractivity contribution in [2.24, 2.45) is 0 Å². The molecule has 1 aromatic heterocycles. The summed E-state index contributed by atoms with van der Waals surface area (Å²) in [6.07, 6.45) is 2.31. The Morgan fingerprint density at radius 3 is 3.00 bits per heavy atom. The second kappa shape index (κ2) is 4.39. The van der Waals surface area contributed by atoms with Gasteiger partial charge in [-0.2, -0.15) is 0 Å². The van der Waals surface area contributed by atoms with Crippen molar-refractivity contribution in [3.8, 4) is 0 Å². The first-order valence-corrected chi connectivity index (χ1v) is 6.68. The third kappa shape index (κ3) is 2.03. The van der Waals surface area contributed by atoms with Crippen molar-refractivity contribution in [3.05, 3.63) is 17.5 Å². The molecular formula is C13H19N3O2. The van der Waals surface area contributed by atoms with Crippen LogP contribution >= 0.6 is 0 Å². The summed E-state index contributed by atoms with van der Waals surface area (Å²) >= 11 is 0. The van der Waals surface area contributed by atoms with Crippen LogP contribution < -0.4 is 5.32 Å². The zero-order valence-corrected chi connectivity index (χ0v) is 10.8. The van der Waals surface area contributed by atoms with E-state index in [0.717, 1.165) is 31.7 Å². The Hall–Kier alpha value is -1.36. The van der Waals surface area contributed by atoms with Crippen molar-refractivity contribution in [1.29, 1.82) is 0 Å². The summed E-state index contributed by atoms with van der Waals surface area (Å²) in [6, 6.07) is 2.32. The van der Waals surface area contributed by atoms with Crippen molar-refractivity contribution in [1.82, 2.24) is 15.4 Å². The van der Waals surface area contributed by atoms with Crippen molar-refractivity contribution in [3.63, 3.8) is 0 Å². The van der Waals surface area contributed by atoms with E-state index in [1.807, 2.05) is 11.0 Å². The first kappa shape index (κ1) is 11.7. The van der Waals surface area contributed by atoms with Gasteiger partial charge in [0.1, 0.15) is 5.76 Å². The molecule has 0 radical (unpaired) electrons. The molecule has 5 heteroatoms. The molecule has 1 amide bonds. The van der Waals surface area contributed by atoms with Crippen LogP contribution in [-0.4, -0.2) is 41.1 Å². The van der Waals surface area contributed by atoms with Crippen LogP contribution in [-0.2, 0) is 0 Å². The second-order valence-electron chi connectivity index (χ2n) is 5.37. The Balaban J connectivity index is 1.75. The van der Waals surface area contributed by atoms with Gasteiger partial charge in [0.05, 0.1) is 0 Å². The molecule has 18 heavy (non-hydrogen) atoms. The largest absolute Gasteiger partial charge is 0.360 e. The van der Waals surface area contributed by atoms with Crippen LogP contribution in [0.3, 0.4) is 0 Å². The molecule has 1 aliphatic heterocycles. The van der Waals surface area contributed by atoms with Crippen molar-refractivity contribution in [2.45, 2.75) is 44.7 Å². The lowest BCUT2D eigenvalue weighted by Crippen LogP contribution is -2.57. The van der Waals surface area contributed by atoms with Crippen LogP contribution in [0, 0.1) is 0 Å². The Kier molecular flexibility index (Phi) is 2.86. The lowest BCUT2D eigenvalue weighted by Gasteiger charge is -2.38. The van der Waals surface area contributed by atoms with Crippen molar-refractivity contribution in [2.75, 3.05) is 13.1 Å². The fraction of sp³-hybridized carbons (Fsp3) is 0.692. The molecule has 2 heterocycles. The molecule has 1 saturated carbocycles. The standard InChI is InChI=1S/C13H19N3O2/c1-8-9(2)16(6-5-14-8)13(17)11-7-12(18-15-11)10-3-4-10/h7-10,14H,3-6H2,1-2H3. The van der Waals surface area contributed by atoms with Crippen LogP contribution in [0.1, 0.15) is 48.9 Å². The molecule has 2 aliphatic rings. The number of piperazine rings is 1. The highest BCUT2D eigenvalue weighted by Crippen LogP contribution is 2.40. The molecule has 1 saturated heterocycles. The van der Waals surface area contributed by atoms with E-state index in [1.54, 1.807) is 0 Å². The minimum Gasteiger partial charge on any atom is -0.360 e. The molecule has 0 spiro atoms. The lowest BCUT2D eigenvalue weighted by molar-refractivity contribution is 0.0592. The van der Waals surface area contributed by atoms with E-state index in [1.165, 1.54) is 0 Å². The smallest absolute Gasteiger partial charge is 0.276 e. The van der Waals surface area contributed by atoms with Crippen LogP contribution in [0.2, 0.25) is 0 Å². The van der Waals surface area contributed by atoms with Gasteiger partial charge in [0.2, 0.25) is 0 Å². The average molecular weight is 249 g/mol. The topological polar surface area (TPSA) is 58.4 Å². The summed E-state index contributed by atoms with van der Waals surface area (Å²) in [5, 5.41) is 7.29. The van der Waals surface area contributed by atoms with E-state index < -0.39 is 0 Å². The maximum Gasteiger partial charge on any atom is 0.276 e. The molecule has 0 aromatic carbocycles. The van der Waals surface area contributed by atoms with E-state index in [0.29, 0.717) is 17.7 Å². The molecule has 2 atom stereocenters. The highest BCUT2D eigenvalue weighted by molar-refractivity contribution is 5.92. The number of carbonyl (C=O) groups excluding carboxylic acids is 1. The molecule has 2 fully saturated rings. The van der Waals surface area contributed by atoms with E-state index in [4.69, 9.17) is 4.52 Å². The number of hydrogen-bond donors (Lipinski definition) is 1. The minimum absolute atomic E-state index is 0.00787. The first-order chi connectivity index (χ1) is 8.66. The number of hydrogen-bond acceptors (Lipinski definition) is 4. The van der Waals surface area contributed by atoms with Gasteiger partial charge >= 0.3 is 0 Å². The van der Waals surface area contributed by atoms with E-state index >= 15 is 0 Å². The molecule has 2 unspecified atom stereocenters. The minimum atomic E-state index is -0.00787. The number of carbonyl (C=O) groups is 1. The summed E-state index contributed by atoms with van der Waals surface area (Å²) in [5.41, 5.74) is 0.456. The quantitative estimate of drug-likeness (QED) is 0.860. The average Bonchev–Trinajstić information content (AvgIpc) is 3.10. The number of amides is 1. The SMILES string of the molecule is CC1NCCN(C(=O)c2cc(C3CC3)on2)C1C. The third-order valence-corrected chi connectivity index (χ3v) is 4.02. The predicted molar refractivity (Wildman–Crippen MR) is 66.4 cm³/mol. The van der Waals surface area contributed by atoms with Gasteiger partial charge in [0.15, 0.2) is 5.69 Å². The third-order valence-electron chi connectivity index (χ3n) is 4.02. The Bertz CT molecular complexity index is 453. The maximum atomic E-state index is 12.4. The number of rotatable bonds is 2. The molecule has 3 rings (SSSR count). The van der Waals surface area contributed by atoms with Crippen LogP contribution in [0.15, 0.2) is 10.6 Å². The molecule has 98 valence electrons. The first-order valence-electron chi connectivity index (χ1n) is 6.68. The van der Waals surface area contributed by atoms with Crippen molar-refractivity contribution >= 4 is 5.91 Å². The summed E-state index contributed by atoms with van der Waals surface area (Å²) in [4.78, 5) is 14.3. The molecule has 0 bridgehead atoms. The van der Waals surface area contributed by atoms with Crippen LogP contribution in [0.25, 0.3) is 0 Å². The van der Waals surface area contributed by atoms with Gasteiger partial charge < -0.3 is 14.7 Å². The summed E-state index contributed by atoms with van der Waals surface area (Å²) < 4.78 is 5.25. The molecule has 1 aromatic rings. The van der Waals surface area contributed by atoms with Gasteiger partial charge in [0, 0.05) is 37.2 Å². The summed E-state index contributed by atoms with van der Waals surface area (Å²) in [7, 11) is 0. The van der Waals surface area contributed by atoms with Gasteiger partial charge in [-0.05, 0) is 26.7 Å². The molecule has 1 aliphatic carbocycles. The Morgan fingerprint density at radius 2 is 2.28 bits per heavy atom. The van der Waals surface area contributed by atoms with Gasteiger partial charge in [-0.1, -0.05) is 5.16 Å². The fourth-order valence-corrected chi connectivity index (χ4v) is 2.44. The normalized spacial score (nSPS) is 28.4. The number of nitrogens with zero attached hydrogens (tertiary/aromatic N) is 2. The highest BCUT2D eigenvalue weighted by atomic mass is 16.5. The predicted octanol–water partition coefficient (Wildman–Crippen LogP) is 1.37. The number of nitrogens with one attached hydrogen (secondary N) is 1. The zero-order valence-electron chi connectivity index (χ0n) is 10.8. The molecule has 5 nitrogen and oxygen atoms in total. The second-order valence-corrected chi connectivity index (χ2v) is 5.37. The van der Waals surface area contributed by atoms with Crippen molar-refractivity contribution < 1.29 is 9.32 Å². The van der Waals surface area contributed by atoms with E-state index in [-0.39, 0.29) is 11.9 Å². The Morgan fingerprint density at radius 1 is 1.50 bits per heavy atom. The fourth-order valence-electron chi connectivity index (χ4n) is 2.44. The molecule has 1 N–H and O–H groups in total. The Labute approximate surface area is 107 Å². The number of aromatic nitrogens is 1. The highest BCUT2D eigenvalue weighted by Gasteiger charge is 2.33. The monoisotopic (exact) mass is 249 g/mol. The van der Waals surface area contributed by atoms with E-state index in [9.17, 15) is 4.79 Å². The van der Waals surface area contributed by atoms with Gasteiger partial charge in [-0.25, -0.2) is 0 Å². The summed E-state index contributed by atoms with van der Waals surface area (Å²) in [5.74, 6) is 1.36. The van der Waals surface area contributed by atoms with Gasteiger partial charge in [-0.3, -0.25) is 4.79 Å². The van der Waals surface area contributed by atoms with Crippen LogP contribution in [0.4, 0.5) is 0 Å².